The van der Waals surface area contributed by atoms with Crippen molar-refractivity contribution in [3.8, 4) is 5.75 Å². The van der Waals surface area contributed by atoms with Crippen molar-refractivity contribution in [3.05, 3.63) is 53.3 Å². The number of carbonyl (C=O) groups excluding carboxylic acids is 1. The van der Waals surface area contributed by atoms with Crippen LogP contribution in [-0.2, 0) is 21.7 Å². The normalized spacial score (nSPS) is 21.9. The molecule has 2 aliphatic rings. The van der Waals surface area contributed by atoms with Crippen LogP contribution in [0, 0.1) is 0 Å². The topological polar surface area (TPSA) is 83.9 Å². The summed E-state index contributed by atoms with van der Waals surface area (Å²) in [7, 11) is 1.70. The lowest BCUT2D eigenvalue weighted by Crippen LogP contribution is -2.48. The van der Waals surface area contributed by atoms with Gasteiger partial charge in [-0.2, -0.15) is 0 Å². The smallest absolute Gasteiger partial charge is 0.247 e. The lowest BCUT2D eigenvalue weighted by Gasteiger charge is -2.24. The molecule has 1 aromatic heterocycles. The van der Waals surface area contributed by atoms with Gasteiger partial charge in [-0.25, -0.2) is 0 Å². The average molecular weight is 369 g/mol. The number of anilines is 1. The molecule has 0 fully saturated rings. The summed E-state index contributed by atoms with van der Waals surface area (Å²) in [4.78, 5) is 18.7. The molecule has 3 heterocycles. The van der Waals surface area contributed by atoms with E-state index in [2.05, 4.69) is 10.3 Å². The van der Waals surface area contributed by atoms with Crippen LogP contribution in [0.2, 0.25) is 0 Å². The highest BCUT2D eigenvalue weighted by Gasteiger charge is 2.34. The third kappa shape index (κ3) is 3.18. The molecule has 0 saturated heterocycles. The fraction of sp³-hybridized carbons (Fsp3) is 0.400. The van der Waals surface area contributed by atoms with Crippen LogP contribution in [0.3, 0.4) is 0 Å². The van der Waals surface area contributed by atoms with Gasteiger partial charge >= 0.3 is 0 Å². The summed E-state index contributed by atoms with van der Waals surface area (Å²) >= 11 is 0. The molecule has 1 amide bonds. The van der Waals surface area contributed by atoms with Crippen LogP contribution < -0.4 is 15.0 Å². The van der Waals surface area contributed by atoms with Gasteiger partial charge in [0, 0.05) is 18.8 Å². The van der Waals surface area contributed by atoms with E-state index in [1.165, 1.54) is 0 Å². The van der Waals surface area contributed by atoms with Crippen molar-refractivity contribution in [2.75, 3.05) is 18.6 Å². The monoisotopic (exact) mass is 369 g/mol. The highest BCUT2D eigenvalue weighted by molar-refractivity contribution is 5.98. The molecule has 27 heavy (non-hydrogen) atoms. The van der Waals surface area contributed by atoms with Gasteiger partial charge in [-0.15, -0.1) is 0 Å². The van der Waals surface area contributed by atoms with Gasteiger partial charge in [-0.05, 0) is 37.6 Å². The van der Waals surface area contributed by atoms with Gasteiger partial charge in [0.2, 0.25) is 5.91 Å². The molecule has 0 spiro atoms. The molecular weight excluding hydrogens is 346 g/mol. The molecule has 7 nitrogen and oxygen atoms in total. The molecule has 2 aromatic rings. The number of fused-ring (bicyclic) bond motifs is 2. The van der Waals surface area contributed by atoms with Crippen LogP contribution in [0.25, 0.3) is 0 Å². The first-order valence-corrected chi connectivity index (χ1v) is 8.93. The van der Waals surface area contributed by atoms with E-state index in [1.54, 1.807) is 18.1 Å². The molecule has 0 aliphatic carbocycles. The quantitative estimate of drug-likeness (QED) is 0.804. The molecule has 4 rings (SSSR count). The minimum Gasteiger partial charge on any atom is -0.489 e. The number of rotatable bonds is 3. The summed E-state index contributed by atoms with van der Waals surface area (Å²) in [6.45, 7) is 4.60. The number of hydrogen-bond acceptors (Lipinski definition) is 6. The largest absolute Gasteiger partial charge is 0.489 e. The van der Waals surface area contributed by atoms with E-state index in [0.29, 0.717) is 23.7 Å². The average Bonchev–Trinajstić information content (AvgIpc) is 2.92. The van der Waals surface area contributed by atoms with E-state index < -0.39 is 17.9 Å². The number of hydrogen-bond donors (Lipinski definition) is 2. The zero-order valence-electron chi connectivity index (χ0n) is 15.6. The standard InChI is InChI=1S/C20H23N3O4/c1-20(2)13-8-14(21-9-12(13)10-27-20)18(24)22-15-11-26-17-7-5-4-6-16(17)23(3)19(15)25/h4-9,15,18,22,24H,10-11H2,1-3H3/t15-,18?/m0/s1. The van der Waals surface area contributed by atoms with Crippen molar-refractivity contribution in [1.82, 2.24) is 10.3 Å². The molecule has 1 aromatic carbocycles. The van der Waals surface area contributed by atoms with Gasteiger partial charge < -0.3 is 19.5 Å². The first-order valence-electron chi connectivity index (χ1n) is 8.93. The Kier molecular flexibility index (Phi) is 4.38. The van der Waals surface area contributed by atoms with Crippen LogP contribution in [0.5, 0.6) is 5.75 Å². The summed E-state index contributed by atoms with van der Waals surface area (Å²) in [5.74, 6) is 0.463. The second kappa shape index (κ2) is 6.60. The van der Waals surface area contributed by atoms with Crippen LogP contribution in [0.15, 0.2) is 36.5 Å². The zero-order valence-corrected chi connectivity index (χ0v) is 15.6. The number of ether oxygens (including phenoxy) is 2. The molecule has 1 unspecified atom stereocenters. The molecule has 0 bridgehead atoms. The molecule has 2 N–H and O–H groups in total. The van der Waals surface area contributed by atoms with Crippen molar-refractivity contribution >= 4 is 11.6 Å². The Labute approximate surface area is 157 Å². The SMILES string of the molecule is CN1C(=O)[C@@H](NC(O)c2cc3c(cn2)COC3(C)C)COc2ccccc21. The third-order valence-corrected chi connectivity index (χ3v) is 5.14. The number of aromatic nitrogens is 1. The number of nitrogens with zero attached hydrogens (tertiary/aromatic N) is 2. The lowest BCUT2D eigenvalue weighted by atomic mass is 9.96. The number of pyridine rings is 1. The van der Waals surface area contributed by atoms with Gasteiger partial charge in [0.05, 0.1) is 23.6 Å². The van der Waals surface area contributed by atoms with Crippen LogP contribution >= 0.6 is 0 Å². The first-order chi connectivity index (χ1) is 12.9. The molecule has 2 aliphatic heterocycles. The number of amides is 1. The summed E-state index contributed by atoms with van der Waals surface area (Å²) in [5.41, 5.74) is 2.75. The van der Waals surface area contributed by atoms with Crippen molar-refractivity contribution < 1.29 is 19.4 Å². The molecule has 0 radical (unpaired) electrons. The van der Waals surface area contributed by atoms with Crippen molar-refractivity contribution in [2.24, 2.45) is 0 Å². The Morgan fingerprint density at radius 2 is 2.15 bits per heavy atom. The lowest BCUT2D eigenvalue weighted by molar-refractivity contribution is -0.121. The van der Waals surface area contributed by atoms with Crippen LogP contribution in [0.1, 0.15) is 36.9 Å². The number of nitrogens with one attached hydrogen (secondary N) is 1. The predicted octanol–water partition coefficient (Wildman–Crippen LogP) is 1.85. The molecule has 0 saturated carbocycles. The Morgan fingerprint density at radius 3 is 2.96 bits per heavy atom. The zero-order chi connectivity index (χ0) is 19.2. The number of benzene rings is 1. The minimum atomic E-state index is -1.10. The van der Waals surface area contributed by atoms with E-state index in [4.69, 9.17) is 9.47 Å². The maximum absolute atomic E-state index is 12.8. The van der Waals surface area contributed by atoms with E-state index in [9.17, 15) is 9.90 Å². The Morgan fingerprint density at radius 1 is 1.37 bits per heavy atom. The summed E-state index contributed by atoms with van der Waals surface area (Å²) in [6.07, 6.45) is 0.622. The fourth-order valence-corrected chi connectivity index (χ4v) is 3.51. The van der Waals surface area contributed by atoms with E-state index in [-0.39, 0.29) is 12.5 Å². The van der Waals surface area contributed by atoms with Crippen LogP contribution in [-0.4, -0.2) is 35.7 Å². The maximum atomic E-state index is 12.8. The summed E-state index contributed by atoms with van der Waals surface area (Å²) in [5, 5.41) is 13.6. The Hall–Kier alpha value is -2.48. The first kappa shape index (κ1) is 17.9. The van der Waals surface area contributed by atoms with Gasteiger partial charge in [0.25, 0.3) is 0 Å². The van der Waals surface area contributed by atoms with Gasteiger partial charge in [-0.1, -0.05) is 12.1 Å². The fourth-order valence-electron chi connectivity index (χ4n) is 3.51. The van der Waals surface area contributed by atoms with E-state index >= 15 is 0 Å². The Bertz CT molecular complexity index is 883. The number of aliphatic hydroxyl groups is 1. The molecular formula is C20H23N3O4. The Balaban J connectivity index is 1.54. The second-order valence-electron chi connectivity index (χ2n) is 7.36. The minimum absolute atomic E-state index is 0.122. The molecule has 2 atom stereocenters. The van der Waals surface area contributed by atoms with Gasteiger partial charge in [-0.3, -0.25) is 15.1 Å². The second-order valence-corrected chi connectivity index (χ2v) is 7.36. The highest BCUT2D eigenvalue weighted by Crippen LogP contribution is 2.36. The molecule has 142 valence electrons. The number of para-hydroxylation sites is 2. The van der Waals surface area contributed by atoms with E-state index in [0.717, 1.165) is 11.1 Å². The van der Waals surface area contributed by atoms with Crippen molar-refractivity contribution in [3.63, 3.8) is 0 Å². The summed E-state index contributed by atoms with van der Waals surface area (Å²) < 4.78 is 11.5. The van der Waals surface area contributed by atoms with Crippen molar-refractivity contribution in [1.29, 1.82) is 0 Å². The van der Waals surface area contributed by atoms with Crippen LogP contribution in [0.4, 0.5) is 5.69 Å². The predicted molar refractivity (Wildman–Crippen MR) is 99.3 cm³/mol. The number of aliphatic hydroxyl groups excluding tert-OH is 1. The maximum Gasteiger partial charge on any atom is 0.247 e. The van der Waals surface area contributed by atoms with Gasteiger partial charge in [0.1, 0.15) is 24.6 Å². The van der Waals surface area contributed by atoms with Gasteiger partial charge in [0.15, 0.2) is 0 Å². The summed E-state index contributed by atoms with van der Waals surface area (Å²) in [6, 6.07) is 8.50. The number of likely N-dealkylation sites (N-methyl/N-ethyl adjacent to an activating group) is 1. The van der Waals surface area contributed by atoms with E-state index in [1.807, 2.05) is 44.2 Å². The molecule has 7 heteroatoms. The van der Waals surface area contributed by atoms with Crippen molar-refractivity contribution in [2.45, 2.75) is 38.3 Å². The third-order valence-electron chi connectivity index (χ3n) is 5.14. The highest BCUT2D eigenvalue weighted by atomic mass is 16.5. The number of carbonyl (C=O) groups is 1.